The van der Waals surface area contributed by atoms with Crippen molar-refractivity contribution in [2.75, 3.05) is 32.6 Å². The van der Waals surface area contributed by atoms with Crippen molar-refractivity contribution in [3.05, 3.63) is 23.2 Å². The van der Waals surface area contributed by atoms with E-state index in [1.165, 1.54) is 4.90 Å². The molecule has 0 aliphatic heterocycles. The Kier molecular flexibility index (Phi) is 7.14. The Bertz CT molecular complexity index is 534. The summed E-state index contributed by atoms with van der Waals surface area (Å²) in [4.78, 5) is 24.7. The van der Waals surface area contributed by atoms with Gasteiger partial charge in [-0.05, 0) is 32.0 Å². The zero-order valence-electron chi connectivity index (χ0n) is 13.2. The molecule has 122 valence electrons. The first-order chi connectivity index (χ1) is 10.3. The highest BCUT2D eigenvalue weighted by molar-refractivity contribution is 6.32. The second-order valence-electron chi connectivity index (χ2n) is 4.81. The van der Waals surface area contributed by atoms with Gasteiger partial charge in [0.2, 0.25) is 0 Å². The highest BCUT2D eigenvalue weighted by atomic mass is 35.5. The Morgan fingerprint density at radius 1 is 1.36 bits per heavy atom. The van der Waals surface area contributed by atoms with Crippen molar-refractivity contribution in [1.82, 2.24) is 4.90 Å². The summed E-state index contributed by atoms with van der Waals surface area (Å²) in [6.45, 7) is 3.86. The molecule has 0 heterocycles. The minimum Gasteiger partial charge on any atom is -0.482 e. The maximum absolute atomic E-state index is 11.8. The minimum absolute atomic E-state index is 0.0974. The van der Waals surface area contributed by atoms with E-state index < -0.39 is 6.10 Å². The van der Waals surface area contributed by atoms with Crippen LogP contribution in [0.5, 0.6) is 5.75 Å². The maximum atomic E-state index is 11.8. The summed E-state index contributed by atoms with van der Waals surface area (Å²) >= 11 is 6.08. The summed E-state index contributed by atoms with van der Waals surface area (Å²) in [5.41, 5.74) is 0.535. The third-order valence-electron chi connectivity index (χ3n) is 2.84. The van der Waals surface area contributed by atoms with Crippen molar-refractivity contribution in [1.29, 1.82) is 0 Å². The molecule has 0 aliphatic carbocycles. The lowest BCUT2D eigenvalue weighted by Crippen LogP contribution is -2.28. The van der Waals surface area contributed by atoms with Gasteiger partial charge in [0.15, 0.2) is 6.61 Å². The third-order valence-corrected chi connectivity index (χ3v) is 3.13. The van der Waals surface area contributed by atoms with E-state index in [4.69, 9.17) is 21.1 Å². The minimum atomic E-state index is -0.544. The molecule has 0 saturated heterocycles. The van der Waals surface area contributed by atoms with Crippen LogP contribution >= 0.6 is 11.6 Å². The molecule has 0 aromatic heterocycles. The van der Waals surface area contributed by atoms with Crippen LogP contribution in [0, 0.1) is 0 Å². The number of amides is 2. The van der Waals surface area contributed by atoms with Crippen molar-refractivity contribution in [2.45, 2.75) is 20.0 Å². The SMILES string of the molecule is CCOC(C)C(=O)Nc1ccc(OCC(=O)N(C)C)c(Cl)c1. The number of hydrogen-bond donors (Lipinski definition) is 1. The summed E-state index contributed by atoms with van der Waals surface area (Å²) in [7, 11) is 3.29. The number of carbonyl (C=O) groups excluding carboxylic acids is 2. The molecular formula is C15H21ClN2O4. The topological polar surface area (TPSA) is 67.9 Å². The maximum Gasteiger partial charge on any atom is 0.259 e. The molecule has 1 rings (SSSR count). The van der Waals surface area contributed by atoms with Gasteiger partial charge in [-0.3, -0.25) is 9.59 Å². The number of carbonyl (C=O) groups is 2. The molecule has 1 aromatic rings. The second-order valence-corrected chi connectivity index (χ2v) is 5.22. The molecule has 0 radical (unpaired) electrons. The van der Waals surface area contributed by atoms with E-state index in [9.17, 15) is 9.59 Å². The fraction of sp³-hybridized carbons (Fsp3) is 0.467. The Morgan fingerprint density at radius 2 is 2.05 bits per heavy atom. The summed E-state index contributed by atoms with van der Waals surface area (Å²) in [6, 6.07) is 4.82. The number of likely N-dealkylation sites (N-methyl/N-ethyl adjacent to an activating group) is 1. The summed E-state index contributed by atoms with van der Waals surface area (Å²) in [5.74, 6) is -0.0407. The first kappa shape index (κ1) is 18.3. The van der Waals surface area contributed by atoms with Gasteiger partial charge >= 0.3 is 0 Å². The first-order valence-corrected chi connectivity index (χ1v) is 7.28. The van der Waals surface area contributed by atoms with Gasteiger partial charge in [-0.25, -0.2) is 0 Å². The summed E-state index contributed by atoms with van der Waals surface area (Å²) in [6.07, 6.45) is -0.544. The van der Waals surface area contributed by atoms with E-state index >= 15 is 0 Å². The number of anilines is 1. The fourth-order valence-corrected chi connectivity index (χ4v) is 1.77. The van der Waals surface area contributed by atoms with Crippen molar-refractivity contribution in [2.24, 2.45) is 0 Å². The lowest BCUT2D eigenvalue weighted by atomic mass is 10.2. The van der Waals surface area contributed by atoms with E-state index in [0.29, 0.717) is 23.1 Å². The monoisotopic (exact) mass is 328 g/mol. The van der Waals surface area contributed by atoms with Crippen molar-refractivity contribution in [3.63, 3.8) is 0 Å². The van der Waals surface area contributed by atoms with E-state index in [0.717, 1.165) is 0 Å². The third kappa shape index (κ3) is 5.54. The van der Waals surface area contributed by atoms with Crippen LogP contribution in [0.15, 0.2) is 18.2 Å². The zero-order valence-corrected chi connectivity index (χ0v) is 13.9. The van der Waals surface area contributed by atoms with Crippen molar-refractivity contribution in [3.8, 4) is 5.75 Å². The van der Waals surface area contributed by atoms with Crippen molar-refractivity contribution < 1.29 is 19.1 Å². The molecule has 0 fully saturated rings. The first-order valence-electron chi connectivity index (χ1n) is 6.90. The van der Waals surface area contributed by atoms with Gasteiger partial charge in [0.05, 0.1) is 5.02 Å². The van der Waals surface area contributed by atoms with Crippen LogP contribution in [0.2, 0.25) is 5.02 Å². The number of nitrogens with one attached hydrogen (secondary N) is 1. The normalized spacial score (nSPS) is 11.7. The molecule has 0 spiro atoms. The zero-order chi connectivity index (χ0) is 16.7. The predicted molar refractivity (Wildman–Crippen MR) is 85.4 cm³/mol. The Morgan fingerprint density at radius 3 is 2.59 bits per heavy atom. The Hall–Kier alpha value is -1.79. The molecule has 7 heteroatoms. The van der Waals surface area contributed by atoms with Crippen LogP contribution in [-0.2, 0) is 14.3 Å². The van der Waals surface area contributed by atoms with Gasteiger partial charge in [0, 0.05) is 26.4 Å². The van der Waals surface area contributed by atoms with Gasteiger partial charge in [0.1, 0.15) is 11.9 Å². The lowest BCUT2D eigenvalue weighted by molar-refractivity contribution is -0.130. The summed E-state index contributed by atoms with van der Waals surface area (Å²) in [5, 5.41) is 3.01. The van der Waals surface area contributed by atoms with Crippen LogP contribution in [0.3, 0.4) is 0 Å². The number of ether oxygens (including phenoxy) is 2. The molecule has 2 amide bonds. The van der Waals surface area contributed by atoms with Crippen LogP contribution in [0.1, 0.15) is 13.8 Å². The molecule has 1 aromatic carbocycles. The van der Waals surface area contributed by atoms with E-state index in [1.54, 1.807) is 39.2 Å². The van der Waals surface area contributed by atoms with Gasteiger partial charge in [-0.15, -0.1) is 0 Å². The number of halogens is 1. The molecule has 0 bridgehead atoms. The van der Waals surface area contributed by atoms with Gasteiger partial charge < -0.3 is 19.7 Å². The highest BCUT2D eigenvalue weighted by Crippen LogP contribution is 2.27. The number of nitrogens with zero attached hydrogens (tertiary/aromatic N) is 1. The molecule has 22 heavy (non-hydrogen) atoms. The number of hydrogen-bond acceptors (Lipinski definition) is 4. The Balaban J connectivity index is 2.65. The van der Waals surface area contributed by atoms with E-state index in [1.807, 2.05) is 6.92 Å². The number of benzene rings is 1. The van der Waals surface area contributed by atoms with Gasteiger partial charge in [-0.2, -0.15) is 0 Å². The molecule has 0 aliphatic rings. The molecule has 0 saturated carbocycles. The number of rotatable bonds is 7. The smallest absolute Gasteiger partial charge is 0.259 e. The van der Waals surface area contributed by atoms with Crippen LogP contribution < -0.4 is 10.1 Å². The quantitative estimate of drug-likeness (QED) is 0.833. The van der Waals surface area contributed by atoms with Gasteiger partial charge in [0.25, 0.3) is 11.8 Å². The van der Waals surface area contributed by atoms with Crippen LogP contribution in [0.25, 0.3) is 0 Å². The second kappa shape index (κ2) is 8.60. The standard InChI is InChI=1S/C15H21ClN2O4/c1-5-21-10(2)15(20)17-11-6-7-13(12(16)8-11)22-9-14(19)18(3)4/h6-8,10H,5,9H2,1-4H3,(H,17,20). The molecule has 1 unspecified atom stereocenters. The average molecular weight is 329 g/mol. The molecular weight excluding hydrogens is 308 g/mol. The largest absolute Gasteiger partial charge is 0.482 e. The van der Waals surface area contributed by atoms with E-state index in [-0.39, 0.29) is 18.4 Å². The summed E-state index contributed by atoms with van der Waals surface area (Å²) < 4.78 is 10.6. The van der Waals surface area contributed by atoms with Crippen LogP contribution in [-0.4, -0.2) is 50.1 Å². The fourth-order valence-electron chi connectivity index (χ4n) is 1.53. The lowest BCUT2D eigenvalue weighted by Gasteiger charge is -2.14. The average Bonchev–Trinajstić information content (AvgIpc) is 2.46. The highest BCUT2D eigenvalue weighted by Gasteiger charge is 2.14. The van der Waals surface area contributed by atoms with Crippen molar-refractivity contribution >= 4 is 29.1 Å². The predicted octanol–water partition coefficient (Wildman–Crippen LogP) is 2.17. The molecule has 1 N–H and O–H groups in total. The Labute approximate surface area is 135 Å². The molecule has 1 atom stereocenters. The molecule has 6 nitrogen and oxygen atoms in total. The van der Waals surface area contributed by atoms with E-state index in [2.05, 4.69) is 5.32 Å². The van der Waals surface area contributed by atoms with Gasteiger partial charge in [-0.1, -0.05) is 11.6 Å². The van der Waals surface area contributed by atoms with Crippen LogP contribution in [0.4, 0.5) is 5.69 Å².